The predicted octanol–water partition coefficient (Wildman–Crippen LogP) is 3.81. The highest BCUT2D eigenvalue weighted by Gasteiger charge is 2.17. The Bertz CT molecular complexity index is 744. The van der Waals surface area contributed by atoms with Crippen LogP contribution in [0.25, 0.3) is 12.2 Å². The maximum Gasteiger partial charge on any atom is 0.283 e. The molecule has 0 amide bonds. The number of non-ortho nitro benzene ring substituents is 1. The Kier molecular flexibility index (Phi) is 4.03. The van der Waals surface area contributed by atoms with Crippen molar-refractivity contribution >= 4 is 23.5 Å². The fourth-order valence-corrected chi connectivity index (χ4v) is 1.73. The van der Waals surface area contributed by atoms with Gasteiger partial charge in [-0.25, -0.2) is 4.39 Å². The van der Waals surface area contributed by atoms with Crippen LogP contribution in [0.2, 0.25) is 0 Å². The average molecular weight is 288 g/mol. The van der Waals surface area contributed by atoms with Gasteiger partial charge in [0.2, 0.25) is 0 Å². The normalized spacial score (nSPS) is 10.7. The molecule has 0 heterocycles. The van der Waals surface area contributed by atoms with Gasteiger partial charge in [0.1, 0.15) is 5.82 Å². The van der Waals surface area contributed by atoms with Crippen molar-refractivity contribution in [1.29, 1.82) is 0 Å². The maximum atomic E-state index is 13.4. The Hall–Kier alpha value is -3.09. The number of benzene rings is 2. The molecule has 0 saturated carbocycles. The van der Waals surface area contributed by atoms with Gasteiger partial charge in [0, 0.05) is 11.6 Å². The Labute approximate surface area is 118 Å². The summed E-state index contributed by atoms with van der Waals surface area (Å²) < 4.78 is 13.4. The summed E-state index contributed by atoms with van der Waals surface area (Å²) in [5.74, 6) is -0.460. The first kappa shape index (κ1) is 14.3. The van der Waals surface area contributed by atoms with E-state index in [2.05, 4.69) is 0 Å². The summed E-state index contributed by atoms with van der Waals surface area (Å²) in [6.07, 6.45) is 2.73. The summed E-state index contributed by atoms with van der Waals surface area (Å²) in [5, 5.41) is 21.6. The van der Waals surface area contributed by atoms with Crippen molar-refractivity contribution in [2.75, 3.05) is 0 Å². The van der Waals surface area contributed by atoms with Crippen molar-refractivity contribution in [1.82, 2.24) is 0 Å². The lowest BCUT2D eigenvalue weighted by Gasteiger charge is -1.99. The van der Waals surface area contributed by atoms with E-state index in [4.69, 9.17) is 0 Å². The van der Waals surface area contributed by atoms with Crippen LogP contribution in [0.5, 0.6) is 0 Å². The number of hydrogen-bond donors (Lipinski definition) is 0. The topological polar surface area (TPSA) is 86.3 Å². The molecule has 0 N–H and O–H groups in total. The Morgan fingerprint density at radius 1 is 0.905 bits per heavy atom. The zero-order valence-corrected chi connectivity index (χ0v) is 10.6. The van der Waals surface area contributed by atoms with Crippen molar-refractivity contribution in [2.45, 2.75) is 0 Å². The molecule has 0 spiro atoms. The van der Waals surface area contributed by atoms with Crippen LogP contribution in [0, 0.1) is 26.0 Å². The van der Waals surface area contributed by atoms with E-state index in [-0.39, 0.29) is 16.8 Å². The first-order valence-electron chi connectivity index (χ1n) is 5.84. The summed E-state index contributed by atoms with van der Waals surface area (Å²) >= 11 is 0. The second kappa shape index (κ2) is 5.91. The van der Waals surface area contributed by atoms with Gasteiger partial charge in [-0.1, -0.05) is 24.3 Å². The molecule has 21 heavy (non-hydrogen) atoms. The van der Waals surface area contributed by atoms with Crippen LogP contribution in [0.4, 0.5) is 15.8 Å². The van der Waals surface area contributed by atoms with Gasteiger partial charge in [0.15, 0.2) is 0 Å². The van der Waals surface area contributed by atoms with Crippen molar-refractivity contribution in [2.24, 2.45) is 0 Å². The maximum absolute atomic E-state index is 13.4. The van der Waals surface area contributed by atoms with Crippen LogP contribution in [0.1, 0.15) is 11.1 Å². The van der Waals surface area contributed by atoms with E-state index in [0.717, 1.165) is 12.1 Å². The Balaban J connectivity index is 2.42. The lowest BCUT2D eigenvalue weighted by atomic mass is 10.1. The second-order valence-electron chi connectivity index (χ2n) is 4.11. The molecule has 0 saturated heterocycles. The molecule has 0 aliphatic rings. The van der Waals surface area contributed by atoms with Crippen molar-refractivity contribution in [3.63, 3.8) is 0 Å². The minimum atomic E-state index is -0.714. The molecule has 0 bridgehead atoms. The molecule has 0 aliphatic heterocycles. The minimum absolute atomic E-state index is 0.161. The van der Waals surface area contributed by atoms with Gasteiger partial charge in [-0.3, -0.25) is 20.2 Å². The smallest absolute Gasteiger partial charge is 0.258 e. The molecule has 0 aliphatic carbocycles. The van der Waals surface area contributed by atoms with E-state index in [0.29, 0.717) is 0 Å². The molecule has 6 nitrogen and oxygen atoms in total. The lowest BCUT2D eigenvalue weighted by molar-refractivity contribution is -0.394. The highest BCUT2D eigenvalue weighted by atomic mass is 19.1. The number of nitro groups is 2. The molecule has 7 heteroatoms. The van der Waals surface area contributed by atoms with Crippen LogP contribution in [0.3, 0.4) is 0 Å². The Morgan fingerprint density at radius 3 is 2.19 bits per heavy atom. The predicted molar refractivity (Wildman–Crippen MR) is 75.1 cm³/mol. The first-order valence-corrected chi connectivity index (χ1v) is 5.84. The number of nitro benzene ring substituents is 2. The van der Waals surface area contributed by atoms with E-state index in [1.807, 2.05) is 0 Å². The van der Waals surface area contributed by atoms with Crippen LogP contribution in [-0.2, 0) is 0 Å². The third-order valence-corrected chi connectivity index (χ3v) is 2.77. The van der Waals surface area contributed by atoms with Gasteiger partial charge in [-0.15, -0.1) is 0 Å². The molecule has 0 fully saturated rings. The zero-order chi connectivity index (χ0) is 15.4. The van der Waals surface area contributed by atoms with Gasteiger partial charge in [-0.05, 0) is 18.2 Å². The number of rotatable bonds is 4. The van der Waals surface area contributed by atoms with Gasteiger partial charge in [-0.2, -0.15) is 0 Å². The standard InChI is InChI=1S/C14H9FN2O4/c15-13-4-2-1-3-10(13)5-6-11-7-8-12(16(18)19)9-14(11)17(20)21/h1-9H. The highest BCUT2D eigenvalue weighted by Crippen LogP contribution is 2.26. The van der Waals surface area contributed by atoms with E-state index in [9.17, 15) is 24.6 Å². The van der Waals surface area contributed by atoms with Crippen molar-refractivity contribution < 1.29 is 14.2 Å². The Morgan fingerprint density at radius 2 is 1.57 bits per heavy atom. The van der Waals surface area contributed by atoms with Crippen LogP contribution in [0.15, 0.2) is 42.5 Å². The molecular weight excluding hydrogens is 279 g/mol. The number of nitrogens with zero attached hydrogens (tertiary/aromatic N) is 2. The monoisotopic (exact) mass is 288 g/mol. The lowest BCUT2D eigenvalue weighted by Crippen LogP contribution is -1.94. The largest absolute Gasteiger partial charge is 0.283 e. The molecule has 0 aromatic heterocycles. The minimum Gasteiger partial charge on any atom is -0.258 e. The quantitative estimate of drug-likeness (QED) is 0.486. The van der Waals surface area contributed by atoms with E-state index >= 15 is 0 Å². The van der Waals surface area contributed by atoms with Gasteiger partial charge in [0.25, 0.3) is 11.4 Å². The van der Waals surface area contributed by atoms with Gasteiger partial charge < -0.3 is 0 Å². The molecule has 0 atom stereocenters. The van der Waals surface area contributed by atoms with Gasteiger partial charge in [0.05, 0.1) is 21.5 Å². The third kappa shape index (κ3) is 3.27. The number of halogens is 1. The fraction of sp³-hybridized carbons (Fsp3) is 0. The third-order valence-electron chi connectivity index (χ3n) is 2.77. The van der Waals surface area contributed by atoms with E-state index in [1.165, 1.54) is 36.4 Å². The van der Waals surface area contributed by atoms with E-state index < -0.39 is 21.4 Å². The summed E-state index contributed by atoms with van der Waals surface area (Å²) in [4.78, 5) is 20.2. The van der Waals surface area contributed by atoms with E-state index in [1.54, 1.807) is 6.07 Å². The molecule has 106 valence electrons. The van der Waals surface area contributed by atoms with Crippen LogP contribution >= 0.6 is 0 Å². The van der Waals surface area contributed by atoms with Crippen LogP contribution in [-0.4, -0.2) is 9.85 Å². The average Bonchev–Trinajstić information content (AvgIpc) is 2.46. The van der Waals surface area contributed by atoms with Crippen molar-refractivity contribution in [3.8, 4) is 0 Å². The summed E-state index contributed by atoms with van der Waals surface area (Å²) in [5.41, 5.74) is -0.347. The zero-order valence-electron chi connectivity index (χ0n) is 10.6. The van der Waals surface area contributed by atoms with Crippen molar-refractivity contribution in [3.05, 3.63) is 79.6 Å². The summed E-state index contributed by atoms with van der Waals surface area (Å²) in [6, 6.07) is 9.24. The fourth-order valence-electron chi connectivity index (χ4n) is 1.73. The molecule has 2 aromatic carbocycles. The molecule has 2 aromatic rings. The molecule has 0 unspecified atom stereocenters. The first-order chi connectivity index (χ1) is 9.99. The SMILES string of the molecule is O=[N+]([O-])c1ccc(C=Cc2ccccc2F)c([N+](=O)[O-])c1. The molecule has 0 radical (unpaired) electrons. The van der Waals surface area contributed by atoms with Crippen LogP contribution < -0.4 is 0 Å². The summed E-state index contributed by atoms with van der Waals surface area (Å²) in [7, 11) is 0. The molecule has 2 rings (SSSR count). The molecular formula is C14H9FN2O4. The highest BCUT2D eigenvalue weighted by molar-refractivity contribution is 5.75. The van der Waals surface area contributed by atoms with Gasteiger partial charge >= 0.3 is 0 Å². The second-order valence-corrected chi connectivity index (χ2v) is 4.11. The number of hydrogen-bond acceptors (Lipinski definition) is 4. The summed E-state index contributed by atoms with van der Waals surface area (Å²) in [6.45, 7) is 0.